The van der Waals surface area contributed by atoms with Gasteiger partial charge in [-0.3, -0.25) is 4.90 Å². The summed E-state index contributed by atoms with van der Waals surface area (Å²) in [6.45, 7) is 1.17. The van der Waals surface area contributed by atoms with Crippen LogP contribution in [0, 0.1) is 5.82 Å². The molecule has 3 rings (SSSR count). The van der Waals surface area contributed by atoms with Crippen LogP contribution in [0.2, 0.25) is 0 Å². The molecule has 0 radical (unpaired) electrons. The monoisotopic (exact) mass is 513 g/mol. The van der Waals surface area contributed by atoms with Crippen LogP contribution >= 0.6 is 12.6 Å². The van der Waals surface area contributed by atoms with E-state index in [0.717, 1.165) is 12.1 Å². The molecule has 184 valence electrons. The summed E-state index contributed by atoms with van der Waals surface area (Å²) in [7, 11) is -3.50. The first-order chi connectivity index (χ1) is 15.6. The van der Waals surface area contributed by atoms with Crippen molar-refractivity contribution in [2.45, 2.75) is 25.6 Å². The first-order valence-electron chi connectivity index (χ1n) is 9.86. The van der Waals surface area contributed by atoms with E-state index in [1.54, 1.807) is 0 Å². The van der Waals surface area contributed by atoms with Gasteiger partial charge < -0.3 is 9.47 Å². The number of piperazine rings is 1. The van der Waals surface area contributed by atoms with Crippen molar-refractivity contribution < 1.29 is 35.5 Å². The van der Waals surface area contributed by atoms with E-state index in [9.17, 15) is 26.0 Å². The number of aromatic nitrogens is 3. The third-order valence-corrected chi connectivity index (χ3v) is 7.31. The van der Waals surface area contributed by atoms with Gasteiger partial charge in [0.05, 0.1) is 25.2 Å². The van der Waals surface area contributed by atoms with Crippen LogP contribution in [-0.2, 0) is 27.9 Å². The van der Waals surface area contributed by atoms with Gasteiger partial charge in [0, 0.05) is 38.0 Å². The fourth-order valence-electron chi connectivity index (χ4n) is 3.41. The van der Waals surface area contributed by atoms with Gasteiger partial charge >= 0.3 is 6.36 Å². The van der Waals surface area contributed by atoms with Gasteiger partial charge in [0.15, 0.2) is 11.6 Å². The highest BCUT2D eigenvalue weighted by atomic mass is 32.2. The fourth-order valence-corrected chi connectivity index (χ4v) is 5.35. The first kappa shape index (κ1) is 25.7. The summed E-state index contributed by atoms with van der Waals surface area (Å²) in [4.78, 5) is 1.90. The second-order valence-corrected chi connectivity index (χ2v) is 9.85. The number of benzene rings is 1. The Bertz CT molecular complexity index is 1010. The van der Waals surface area contributed by atoms with E-state index >= 15 is 0 Å². The minimum absolute atomic E-state index is 0.103. The summed E-state index contributed by atoms with van der Waals surface area (Å²) in [5.41, 5.74) is 0.981. The number of sulfonamides is 1. The van der Waals surface area contributed by atoms with E-state index < -0.39 is 28.0 Å². The third-order valence-electron chi connectivity index (χ3n) is 4.94. The number of thiol groups is 1. The molecule has 0 spiro atoms. The smallest absolute Gasteiger partial charge is 0.403 e. The van der Waals surface area contributed by atoms with Crippen molar-refractivity contribution in [2.75, 3.05) is 37.7 Å². The number of rotatable bonds is 10. The van der Waals surface area contributed by atoms with Gasteiger partial charge in [0.2, 0.25) is 10.0 Å². The number of hydrogen-bond acceptors (Lipinski definition) is 8. The van der Waals surface area contributed by atoms with Gasteiger partial charge in [-0.25, -0.2) is 12.8 Å². The molecule has 1 aromatic carbocycles. The molecule has 1 N–H and O–H groups in total. The molecule has 1 aliphatic rings. The van der Waals surface area contributed by atoms with Crippen molar-refractivity contribution in [3.05, 3.63) is 41.5 Å². The standard InChI is InChI=1S/C18H23F4N5O4S2/c19-16-7-13(1-2-17(16)31-18(20,21)22)9-26-3-4-27(33(28,29)6-5-32)10-15(26)12-30-11-14-8-23-25-24-14/h1-2,7-8,15,32H,3-6,9-12H2,(H,23,24,25)/t15-/m1/s1. The number of hydrogen-bond donors (Lipinski definition) is 2. The summed E-state index contributed by atoms with van der Waals surface area (Å²) in [5.74, 6) is -1.98. The van der Waals surface area contributed by atoms with Crippen molar-refractivity contribution in [1.29, 1.82) is 0 Å². The van der Waals surface area contributed by atoms with Gasteiger partial charge in [0.25, 0.3) is 0 Å². The molecular weight excluding hydrogens is 490 g/mol. The quantitative estimate of drug-likeness (QED) is 0.369. The lowest BCUT2D eigenvalue weighted by Crippen LogP contribution is -2.56. The lowest BCUT2D eigenvalue weighted by molar-refractivity contribution is -0.275. The van der Waals surface area contributed by atoms with Crippen LogP contribution in [0.3, 0.4) is 0 Å². The minimum Gasteiger partial charge on any atom is -0.403 e. The Hall–Kier alpha value is -1.94. The molecule has 1 atom stereocenters. The predicted molar refractivity (Wildman–Crippen MR) is 113 cm³/mol. The Morgan fingerprint density at radius 3 is 2.70 bits per heavy atom. The van der Waals surface area contributed by atoms with E-state index in [-0.39, 0.29) is 50.4 Å². The molecule has 9 nitrogen and oxygen atoms in total. The van der Waals surface area contributed by atoms with Gasteiger partial charge in [-0.2, -0.15) is 32.3 Å². The van der Waals surface area contributed by atoms with Crippen molar-refractivity contribution in [3.63, 3.8) is 0 Å². The maximum Gasteiger partial charge on any atom is 0.573 e. The van der Waals surface area contributed by atoms with Gasteiger partial charge in [-0.05, 0) is 17.7 Å². The van der Waals surface area contributed by atoms with Gasteiger partial charge in [-0.1, -0.05) is 6.07 Å². The average Bonchev–Trinajstić information content (AvgIpc) is 3.24. The SMILES string of the molecule is O=S(=O)(CCS)N1CCN(Cc2ccc(OC(F)(F)F)c(F)c2)[C@@H](COCc2cn[nH]n2)C1. The van der Waals surface area contributed by atoms with E-state index in [1.807, 2.05) is 4.90 Å². The predicted octanol–water partition coefficient (Wildman–Crippen LogP) is 1.80. The van der Waals surface area contributed by atoms with Crippen LogP contribution in [-0.4, -0.2) is 83.2 Å². The zero-order valence-corrected chi connectivity index (χ0v) is 19.0. The molecule has 0 unspecified atom stereocenters. The van der Waals surface area contributed by atoms with Crippen LogP contribution in [0.1, 0.15) is 11.3 Å². The van der Waals surface area contributed by atoms with Crippen molar-refractivity contribution in [2.24, 2.45) is 0 Å². The summed E-state index contributed by atoms with van der Waals surface area (Å²) >= 11 is 4.00. The normalized spacial score (nSPS) is 18.5. The highest BCUT2D eigenvalue weighted by molar-refractivity contribution is 7.90. The molecule has 15 heteroatoms. The lowest BCUT2D eigenvalue weighted by Gasteiger charge is -2.40. The Morgan fingerprint density at radius 1 is 1.27 bits per heavy atom. The molecule has 2 heterocycles. The molecule has 0 bridgehead atoms. The molecule has 0 amide bonds. The highest BCUT2D eigenvalue weighted by Gasteiger charge is 2.34. The van der Waals surface area contributed by atoms with Gasteiger partial charge in [0.1, 0.15) is 5.69 Å². The number of nitrogens with zero attached hydrogens (tertiary/aromatic N) is 4. The molecule has 33 heavy (non-hydrogen) atoms. The number of halogens is 4. The second kappa shape index (κ2) is 11.0. The van der Waals surface area contributed by atoms with Crippen molar-refractivity contribution >= 4 is 22.7 Å². The molecule has 1 fully saturated rings. The number of H-pyrrole nitrogens is 1. The highest BCUT2D eigenvalue weighted by Crippen LogP contribution is 2.27. The second-order valence-electron chi connectivity index (χ2n) is 7.31. The van der Waals surface area contributed by atoms with E-state index in [1.165, 1.54) is 16.6 Å². The molecule has 1 aromatic heterocycles. The minimum atomic E-state index is -5.00. The Balaban J connectivity index is 1.70. The molecule has 1 aliphatic heterocycles. The van der Waals surface area contributed by atoms with Crippen LogP contribution in [0.4, 0.5) is 17.6 Å². The Kier molecular flexibility index (Phi) is 8.55. The van der Waals surface area contributed by atoms with Crippen LogP contribution in [0.15, 0.2) is 24.4 Å². The maximum atomic E-state index is 14.1. The summed E-state index contributed by atoms with van der Waals surface area (Å²) < 4.78 is 86.9. The number of ether oxygens (including phenoxy) is 2. The molecule has 0 aliphatic carbocycles. The summed E-state index contributed by atoms with van der Waals surface area (Å²) in [5, 5.41) is 10.0. The summed E-state index contributed by atoms with van der Waals surface area (Å²) in [6, 6.07) is 2.84. The first-order valence-corrected chi connectivity index (χ1v) is 12.1. The van der Waals surface area contributed by atoms with E-state index in [4.69, 9.17) is 4.74 Å². The Labute approximate surface area is 193 Å². The largest absolute Gasteiger partial charge is 0.573 e. The zero-order valence-electron chi connectivity index (χ0n) is 17.3. The van der Waals surface area contributed by atoms with Crippen LogP contribution < -0.4 is 4.74 Å². The third kappa shape index (κ3) is 7.53. The van der Waals surface area contributed by atoms with Crippen LogP contribution in [0.5, 0.6) is 5.75 Å². The Morgan fingerprint density at radius 2 is 2.06 bits per heavy atom. The molecule has 0 saturated carbocycles. The average molecular weight is 514 g/mol. The molecular formula is C18H23F4N5O4S2. The topological polar surface area (TPSA) is 101 Å². The van der Waals surface area contributed by atoms with Crippen molar-refractivity contribution in [1.82, 2.24) is 24.6 Å². The number of nitrogens with one attached hydrogen (secondary N) is 1. The zero-order chi connectivity index (χ0) is 24.1. The lowest BCUT2D eigenvalue weighted by atomic mass is 10.1. The van der Waals surface area contributed by atoms with E-state index in [2.05, 4.69) is 32.8 Å². The summed E-state index contributed by atoms with van der Waals surface area (Å²) in [6.07, 6.45) is -3.50. The molecule has 2 aromatic rings. The number of aromatic amines is 1. The van der Waals surface area contributed by atoms with Crippen LogP contribution in [0.25, 0.3) is 0 Å². The fraction of sp³-hybridized carbons (Fsp3) is 0.556. The van der Waals surface area contributed by atoms with E-state index in [0.29, 0.717) is 17.8 Å². The van der Waals surface area contributed by atoms with Gasteiger partial charge in [-0.15, -0.1) is 13.2 Å². The van der Waals surface area contributed by atoms with Crippen molar-refractivity contribution in [3.8, 4) is 5.75 Å². The molecule has 1 saturated heterocycles. The number of alkyl halides is 3. The maximum absolute atomic E-state index is 14.1.